The number of rotatable bonds is 6. The SMILES string of the molecule is CCC(N)(CCc1cccs1)Cc1ccccc1. The Bertz CT molecular complexity index is 449. The molecule has 2 rings (SSSR count). The summed E-state index contributed by atoms with van der Waals surface area (Å²) >= 11 is 1.82. The molecular weight excluding hydrogens is 238 g/mol. The lowest BCUT2D eigenvalue weighted by Crippen LogP contribution is -2.41. The second-order valence-electron chi connectivity index (χ2n) is 4.96. The zero-order valence-electron chi connectivity index (χ0n) is 10.9. The van der Waals surface area contributed by atoms with Gasteiger partial charge in [0, 0.05) is 10.4 Å². The Morgan fingerprint density at radius 2 is 1.89 bits per heavy atom. The highest BCUT2D eigenvalue weighted by molar-refractivity contribution is 7.09. The predicted octanol–water partition coefficient (Wildman–Crippen LogP) is 4.03. The van der Waals surface area contributed by atoms with Gasteiger partial charge in [-0.15, -0.1) is 11.3 Å². The van der Waals surface area contributed by atoms with Gasteiger partial charge in [0.2, 0.25) is 0 Å². The summed E-state index contributed by atoms with van der Waals surface area (Å²) in [6, 6.07) is 14.9. The third-order valence-corrected chi connectivity index (χ3v) is 4.49. The first-order chi connectivity index (χ1) is 8.72. The first-order valence-corrected chi connectivity index (χ1v) is 7.45. The third-order valence-electron chi connectivity index (χ3n) is 3.55. The molecule has 0 fully saturated rings. The van der Waals surface area contributed by atoms with Crippen LogP contribution in [0.5, 0.6) is 0 Å². The fraction of sp³-hybridized carbons (Fsp3) is 0.375. The van der Waals surface area contributed by atoms with Gasteiger partial charge >= 0.3 is 0 Å². The third kappa shape index (κ3) is 3.69. The quantitative estimate of drug-likeness (QED) is 0.832. The summed E-state index contributed by atoms with van der Waals surface area (Å²) in [6.07, 6.45) is 4.14. The van der Waals surface area contributed by atoms with Crippen LogP contribution >= 0.6 is 11.3 Å². The first-order valence-electron chi connectivity index (χ1n) is 6.57. The van der Waals surface area contributed by atoms with Crippen molar-refractivity contribution in [2.45, 2.75) is 38.1 Å². The summed E-state index contributed by atoms with van der Waals surface area (Å²) < 4.78 is 0. The number of aryl methyl sites for hydroxylation is 1. The average molecular weight is 259 g/mol. The van der Waals surface area contributed by atoms with Gasteiger partial charge < -0.3 is 5.73 Å². The van der Waals surface area contributed by atoms with Crippen LogP contribution in [0.1, 0.15) is 30.2 Å². The zero-order valence-corrected chi connectivity index (χ0v) is 11.7. The molecule has 1 heterocycles. The van der Waals surface area contributed by atoms with Crippen molar-refractivity contribution in [1.29, 1.82) is 0 Å². The van der Waals surface area contributed by atoms with Crippen molar-refractivity contribution < 1.29 is 0 Å². The van der Waals surface area contributed by atoms with E-state index in [0.717, 1.165) is 25.7 Å². The van der Waals surface area contributed by atoms with Crippen LogP contribution in [0.3, 0.4) is 0 Å². The van der Waals surface area contributed by atoms with Crippen LogP contribution in [0.4, 0.5) is 0 Å². The second kappa shape index (κ2) is 6.17. The van der Waals surface area contributed by atoms with Gasteiger partial charge in [-0.1, -0.05) is 43.3 Å². The van der Waals surface area contributed by atoms with Gasteiger partial charge in [-0.3, -0.25) is 0 Å². The Balaban J connectivity index is 1.97. The first kappa shape index (κ1) is 13.3. The van der Waals surface area contributed by atoms with E-state index in [2.05, 4.69) is 54.8 Å². The van der Waals surface area contributed by atoms with Crippen molar-refractivity contribution in [2.24, 2.45) is 5.73 Å². The summed E-state index contributed by atoms with van der Waals surface area (Å²) in [5, 5.41) is 2.14. The van der Waals surface area contributed by atoms with E-state index < -0.39 is 0 Å². The summed E-state index contributed by atoms with van der Waals surface area (Å²) in [7, 11) is 0. The minimum Gasteiger partial charge on any atom is -0.325 e. The van der Waals surface area contributed by atoms with Crippen molar-refractivity contribution in [3.05, 3.63) is 58.3 Å². The Hall–Kier alpha value is -1.12. The summed E-state index contributed by atoms with van der Waals surface area (Å²) in [5.74, 6) is 0. The van der Waals surface area contributed by atoms with Gasteiger partial charge in [0.1, 0.15) is 0 Å². The monoisotopic (exact) mass is 259 g/mol. The molecule has 1 nitrogen and oxygen atoms in total. The molecule has 0 aliphatic carbocycles. The molecule has 0 saturated carbocycles. The maximum Gasteiger partial charge on any atom is 0.0195 e. The Kier molecular flexibility index (Phi) is 4.56. The van der Waals surface area contributed by atoms with Crippen molar-refractivity contribution in [1.82, 2.24) is 0 Å². The molecule has 18 heavy (non-hydrogen) atoms. The molecule has 0 bridgehead atoms. The molecule has 0 saturated heterocycles. The highest BCUT2D eigenvalue weighted by Gasteiger charge is 2.22. The molecule has 0 aliphatic heterocycles. The van der Waals surface area contributed by atoms with Crippen molar-refractivity contribution in [2.75, 3.05) is 0 Å². The topological polar surface area (TPSA) is 26.0 Å². The minimum absolute atomic E-state index is 0.0780. The summed E-state index contributed by atoms with van der Waals surface area (Å²) in [6.45, 7) is 2.19. The van der Waals surface area contributed by atoms with Gasteiger partial charge in [0.15, 0.2) is 0 Å². The summed E-state index contributed by atoms with van der Waals surface area (Å²) in [4.78, 5) is 1.44. The lowest BCUT2D eigenvalue weighted by molar-refractivity contribution is 0.378. The number of hydrogen-bond donors (Lipinski definition) is 1. The fourth-order valence-corrected chi connectivity index (χ4v) is 2.93. The molecule has 0 spiro atoms. The van der Waals surface area contributed by atoms with Crippen LogP contribution in [0, 0.1) is 0 Å². The smallest absolute Gasteiger partial charge is 0.0195 e. The van der Waals surface area contributed by atoms with E-state index in [1.165, 1.54) is 10.4 Å². The second-order valence-corrected chi connectivity index (χ2v) is 5.99. The Morgan fingerprint density at radius 3 is 2.50 bits per heavy atom. The molecule has 1 unspecified atom stereocenters. The Labute approximate surface area is 114 Å². The molecule has 0 amide bonds. The van der Waals surface area contributed by atoms with Crippen LogP contribution < -0.4 is 5.73 Å². The maximum absolute atomic E-state index is 6.55. The van der Waals surface area contributed by atoms with E-state index >= 15 is 0 Å². The van der Waals surface area contributed by atoms with E-state index in [1.807, 2.05) is 11.3 Å². The van der Waals surface area contributed by atoms with Gasteiger partial charge in [-0.2, -0.15) is 0 Å². The van der Waals surface area contributed by atoms with E-state index in [4.69, 9.17) is 5.73 Å². The van der Waals surface area contributed by atoms with Crippen molar-refractivity contribution in [3.63, 3.8) is 0 Å². The number of nitrogens with two attached hydrogens (primary N) is 1. The molecule has 0 radical (unpaired) electrons. The van der Waals surface area contributed by atoms with Crippen LogP contribution in [0.25, 0.3) is 0 Å². The van der Waals surface area contributed by atoms with E-state index in [9.17, 15) is 0 Å². The molecule has 96 valence electrons. The molecule has 1 aromatic heterocycles. The standard InChI is InChI=1S/C16H21NS/c1-2-16(17,11-10-15-9-6-12-18-15)13-14-7-4-3-5-8-14/h3-9,12H,2,10-11,13,17H2,1H3. The molecule has 1 aromatic carbocycles. The number of benzene rings is 1. The van der Waals surface area contributed by atoms with Crippen LogP contribution in [0.15, 0.2) is 47.8 Å². The van der Waals surface area contributed by atoms with Gasteiger partial charge in [-0.25, -0.2) is 0 Å². The summed E-state index contributed by atoms with van der Waals surface area (Å²) in [5.41, 5.74) is 7.81. The van der Waals surface area contributed by atoms with Gasteiger partial charge in [-0.05, 0) is 42.7 Å². The zero-order chi connectivity index (χ0) is 12.8. The largest absolute Gasteiger partial charge is 0.325 e. The molecular formula is C16H21NS. The van der Waals surface area contributed by atoms with Crippen molar-refractivity contribution >= 4 is 11.3 Å². The van der Waals surface area contributed by atoms with E-state index in [-0.39, 0.29) is 5.54 Å². The maximum atomic E-state index is 6.55. The number of hydrogen-bond acceptors (Lipinski definition) is 2. The molecule has 0 aliphatic rings. The fourth-order valence-electron chi connectivity index (χ4n) is 2.22. The molecule has 2 heteroatoms. The normalized spacial score (nSPS) is 14.3. The van der Waals surface area contributed by atoms with Crippen LogP contribution in [0.2, 0.25) is 0 Å². The van der Waals surface area contributed by atoms with Gasteiger partial charge in [0.25, 0.3) is 0 Å². The lowest BCUT2D eigenvalue weighted by atomic mass is 9.85. The van der Waals surface area contributed by atoms with Crippen molar-refractivity contribution in [3.8, 4) is 0 Å². The number of thiophene rings is 1. The van der Waals surface area contributed by atoms with Crippen LogP contribution in [-0.4, -0.2) is 5.54 Å². The highest BCUT2D eigenvalue weighted by Crippen LogP contribution is 2.22. The van der Waals surface area contributed by atoms with E-state index in [1.54, 1.807) is 0 Å². The molecule has 1 atom stereocenters. The van der Waals surface area contributed by atoms with E-state index in [0.29, 0.717) is 0 Å². The average Bonchev–Trinajstić information content (AvgIpc) is 2.91. The minimum atomic E-state index is -0.0780. The molecule has 2 aromatic rings. The highest BCUT2D eigenvalue weighted by atomic mass is 32.1. The van der Waals surface area contributed by atoms with Gasteiger partial charge in [0.05, 0.1) is 0 Å². The molecule has 2 N–H and O–H groups in total. The van der Waals surface area contributed by atoms with Crippen LogP contribution in [-0.2, 0) is 12.8 Å². The lowest BCUT2D eigenvalue weighted by Gasteiger charge is -2.28. The Morgan fingerprint density at radius 1 is 1.11 bits per heavy atom. The predicted molar refractivity (Wildman–Crippen MR) is 80.0 cm³/mol.